The van der Waals surface area contributed by atoms with E-state index in [0.717, 1.165) is 6.42 Å². The molecule has 0 nitrogen and oxygen atoms in total. The highest BCUT2D eigenvalue weighted by Crippen LogP contribution is 2.44. The molecule has 0 amide bonds. The Hall–Kier alpha value is -4.98. The molecule has 8 aromatic rings. The third-order valence-electron chi connectivity index (χ3n) is 9.19. The predicted octanol–water partition coefficient (Wildman–Crippen LogP) is 12.4. The van der Waals surface area contributed by atoms with Crippen LogP contribution in [0.2, 0.25) is 0 Å². The summed E-state index contributed by atoms with van der Waals surface area (Å²) in [5, 5.41) is 10.6. The lowest BCUT2D eigenvalue weighted by atomic mass is 9.91. The van der Waals surface area contributed by atoms with Crippen molar-refractivity contribution in [3.63, 3.8) is 0 Å². The van der Waals surface area contributed by atoms with Gasteiger partial charge >= 0.3 is 0 Å². The van der Waals surface area contributed by atoms with E-state index in [1.807, 2.05) is 11.3 Å². The van der Waals surface area contributed by atoms with Gasteiger partial charge in [0, 0.05) is 26.1 Å². The van der Waals surface area contributed by atoms with Crippen LogP contribution in [-0.4, -0.2) is 0 Å². The highest BCUT2D eigenvalue weighted by Gasteiger charge is 2.17. The molecule has 7 aromatic carbocycles. The van der Waals surface area contributed by atoms with E-state index < -0.39 is 0 Å². The lowest BCUT2D eigenvalue weighted by Crippen LogP contribution is -1.95. The van der Waals surface area contributed by atoms with Gasteiger partial charge in [-0.25, -0.2) is 0 Å². The molecule has 1 heteroatoms. The van der Waals surface area contributed by atoms with Crippen molar-refractivity contribution in [2.45, 2.75) is 12.3 Å². The maximum atomic E-state index is 2.39. The van der Waals surface area contributed by atoms with E-state index in [1.54, 1.807) is 0 Å². The zero-order valence-corrected chi connectivity index (χ0v) is 24.4. The first kappa shape index (κ1) is 24.6. The van der Waals surface area contributed by atoms with E-state index in [4.69, 9.17) is 0 Å². The minimum Gasteiger partial charge on any atom is -0.134 e. The van der Waals surface area contributed by atoms with Gasteiger partial charge in [0.15, 0.2) is 0 Å². The summed E-state index contributed by atoms with van der Waals surface area (Å²) in [6.07, 6.45) is 10.0. The molecule has 0 fully saturated rings. The topological polar surface area (TPSA) is 0 Å². The summed E-state index contributed by atoms with van der Waals surface area (Å²) in [6.45, 7) is 0. The Morgan fingerprint density at radius 3 is 1.79 bits per heavy atom. The summed E-state index contributed by atoms with van der Waals surface area (Å²) in [5.41, 5.74) is 6.50. The molecule has 1 aliphatic rings. The lowest BCUT2D eigenvalue weighted by Gasteiger charge is -2.14. The van der Waals surface area contributed by atoms with E-state index in [-0.39, 0.29) is 0 Å². The van der Waals surface area contributed by atoms with E-state index in [9.17, 15) is 0 Å². The first-order chi connectivity index (χ1) is 21.3. The Bertz CT molecular complexity index is 2400. The van der Waals surface area contributed by atoms with E-state index in [1.165, 1.54) is 80.3 Å². The number of benzene rings is 7. The number of rotatable bonds is 3. The van der Waals surface area contributed by atoms with Gasteiger partial charge in [0.1, 0.15) is 0 Å². The minimum atomic E-state index is 0.439. The third-order valence-corrected chi connectivity index (χ3v) is 10.5. The Morgan fingerprint density at radius 2 is 1.05 bits per heavy atom. The van der Waals surface area contributed by atoms with Crippen molar-refractivity contribution in [1.29, 1.82) is 0 Å². The van der Waals surface area contributed by atoms with Crippen molar-refractivity contribution in [2.75, 3.05) is 0 Å². The van der Waals surface area contributed by atoms with Gasteiger partial charge in [-0.15, -0.1) is 11.3 Å². The highest BCUT2D eigenvalue weighted by atomic mass is 32.1. The van der Waals surface area contributed by atoms with Crippen LogP contribution in [0.3, 0.4) is 0 Å². The molecular formula is C42H28S. The summed E-state index contributed by atoms with van der Waals surface area (Å²) in [4.78, 5) is 0. The van der Waals surface area contributed by atoms with Crippen molar-refractivity contribution in [2.24, 2.45) is 0 Å². The van der Waals surface area contributed by atoms with Crippen LogP contribution >= 0.6 is 11.3 Å². The molecule has 1 aromatic heterocycles. The molecule has 0 N–H and O–H groups in total. The zero-order chi connectivity index (χ0) is 28.3. The minimum absolute atomic E-state index is 0.439. The number of thiophene rings is 1. The average Bonchev–Trinajstić information content (AvgIpc) is 3.48. The molecule has 1 aliphatic carbocycles. The second-order valence-corrected chi connectivity index (χ2v) is 12.6. The van der Waals surface area contributed by atoms with Gasteiger partial charge in [0.2, 0.25) is 0 Å². The summed E-state index contributed by atoms with van der Waals surface area (Å²) in [7, 11) is 0. The summed E-state index contributed by atoms with van der Waals surface area (Å²) < 4.78 is 2.79. The fraction of sp³-hybridized carbons (Fsp3) is 0.0476. The monoisotopic (exact) mass is 564 g/mol. The highest BCUT2D eigenvalue weighted by molar-refractivity contribution is 7.26. The number of hydrogen-bond donors (Lipinski definition) is 0. The van der Waals surface area contributed by atoms with Crippen molar-refractivity contribution < 1.29 is 0 Å². The first-order valence-corrected chi connectivity index (χ1v) is 15.9. The number of allylic oxidation sites excluding steroid dienone is 4. The summed E-state index contributed by atoms with van der Waals surface area (Å²) >= 11 is 1.95. The molecule has 202 valence electrons. The van der Waals surface area contributed by atoms with E-state index in [0.29, 0.717) is 5.92 Å². The predicted molar refractivity (Wildman–Crippen MR) is 188 cm³/mol. The Morgan fingerprint density at radius 1 is 0.442 bits per heavy atom. The molecule has 1 unspecified atom stereocenters. The SMILES string of the molecule is C1=CCC(c2cccc3c2sc2c(-c4cccc(-c5ccc6c7ccccc7c7ccccc7c6c5)c4)cccc23)C=C1. The van der Waals surface area contributed by atoms with Crippen LogP contribution in [0.15, 0.2) is 152 Å². The molecule has 9 rings (SSSR count). The summed E-state index contributed by atoms with van der Waals surface area (Å²) in [6, 6.07) is 47.4. The third kappa shape index (κ3) is 3.89. The second kappa shape index (κ2) is 9.80. The van der Waals surface area contributed by atoms with Gasteiger partial charge in [-0.3, -0.25) is 0 Å². The van der Waals surface area contributed by atoms with Crippen LogP contribution in [0, 0.1) is 0 Å². The van der Waals surface area contributed by atoms with Gasteiger partial charge in [-0.05, 0) is 78.7 Å². The molecule has 0 radical (unpaired) electrons. The molecule has 1 heterocycles. The molecule has 43 heavy (non-hydrogen) atoms. The van der Waals surface area contributed by atoms with Crippen LogP contribution in [0.25, 0.3) is 74.7 Å². The quantitative estimate of drug-likeness (QED) is 0.187. The van der Waals surface area contributed by atoms with Crippen LogP contribution in [0.4, 0.5) is 0 Å². The maximum Gasteiger partial charge on any atom is 0.0433 e. The van der Waals surface area contributed by atoms with Gasteiger partial charge in [0.25, 0.3) is 0 Å². The lowest BCUT2D eigenvalue weighted by molar-refractivity contribution is 0.863. The van der Waals surface area contributed by atoms with Gasteiger partial charge in [-0.1, -0.05) is 140 Å². The molecule has 0 saturated heterocycles. The molecular weight excluding hydrogens is 537 g/mol. The van der Waals surface area contributed by atoms with Gasteiger partial charge in [-0.2, -0.15) is 0 Å². The second-order valence-electron chi connectivity index (χ2n) is 11.6. The molecule has 0 bridgehead atoms. The maximum absolute atomic E-state index is 2.39. The fourth-order valence-corrected chi connectivity index (χ4v) is 8.54. The van der Waals surface area contributed by atoms with E-state index >= 15 is 0 Å². The molecule has 0 spiro atoms. The Kier molecular flexibility index (Phi) is 5.61. The summed E-state index contributed by atoms with van der Waals surface area (Å²) in [5.74, 6) is 0.439. The zero-order valence-electron chi connectivity index (χ0n) is 23.6. The van der Waals surface area contributed by atoms with Crippen molar-refractivity contribution in [3.05, 3.63) is 157 Å². The number of fused-ring (bicyclic) bond motifs is 9. The van der Waals surface area contributed by atoms with Crippen LogP contribution in [-0.2, 0) is 0 Å². The van der Waals surface area contributed by atoms with Crippen LogP contribution in [0.1, 0.15) is 17.9 Å². The molecule has 0 saturated carbocycles. The van der Waals surface area contributed by atoms with Crippen molar-refractivity contribution in [3.8, 4) is 22.3 Å². The Balaban J connectivity index is 1.21. The van der Waals surface area contributed by atoms with Gasteiger partial charge < -0.3 is 0 Å². The standard InChI is InChI=1S/C42H28S/c1-2-11-27(12-3-1)31-19-9-21-38-39-22-10-20-32(42(39)43-41(31)38)30-14-8-13-28(25-30)29-23-24-37-35-17-5-4-15-33(35)34-16-6-7-18-36(34)40(37)26-29/h1-11,13-27H,12H2. The first-order valence-electron chi connectivity index (χ1n) is 15.0. The molecule has 1 atom stereocenters. The van der Waals surface area contributed by atoms with E-state index in [2.05, 4.69) is 152 Å². The fourth-order valence-electron chi connectivity index (χ4n) is 7.13. The van der Waals surface area contributed by atoms with Gasteiger partial charge in [0.05, 0.1) is 0 Å². The average molecular weight is 565 g/mol. The Labute approximate surface area is 254 Å². The largest absolute Gasteiger partial charge is 0.134 e. The normalized spacial score (nSPS) is 14.9. The smallest absolute Gasteiger partial charge is 0.0433 e. The van der Waals surface area contributed by atoms with Crippen LogP contribution < -0.4 is 0 Å². The number of hydrogen-bond acceptors (Lipinski definition) is 1. The van der Waals surface area contributed by atoms with Crippen LogP contribution in [0.5, 0.6) is 0 Å². The van der Waals surface area contributed by atoms with Crippen molar-refractivity contribution >= 4 is 63.8 Å². The van der Waals surface area contributed by atoms with Crippen molar-refractivity contribution in [1.82, 2.24) is 0 Å². The molecule has 0 aliphatic heterocycles.